The monoisotopic (exact) mass is 262 g/mol. The molecule has 0 amide bonds. The van der Waals surface area contributed by atoms with E-state index in [-0.39, 0.29) is 18.3 Å². The second-order valence-corrected chi connectivity index (χ2v) is 4.11. The molecule has 0 aliphatic heterocycles. The molecule has 2 N–H and O–H groups in total. The molecule has 0 saturated carbocycles. The van der Waals surface area contributed by atoms with Crippen LogP contribution >= 0.6 is 0 Å². The maximum absolute atomic E-state index is 10.8. The Morgan fingerprint density at radius 2 is 2.26 bits per heavy atom. The zero-order valence-electron chi connectivity index (χ0n) is 10.4. The Morgan fingerprint density at radius 1 is 1.47 bits per heavy atom. The SMILES string of the molecule is CCC(CO)Nc1ncnc2ccc([N+](=O)[O-])cc12. The molecule has 7 nitrogen and oxygen atoms in total. The summed E-state index contributed by atoms with van der Waals surface area (Å²) in [6.45, 7) is 1.90. The second-order valence-electron chi connectivity index (χ2n) is 4.11. The molecule has 1 aromatic carbocycles. The normalized spacial score (nSPS) is 12.3. The number of fused-ring (bicyclic) bond motifs is 1. The van der Waals surface area contributed by atoms with Gasteiger partial charge >= 0.3 is 0 Å². The molecule has 19 heavy (non-hydrogen) atoms. The largest absolute Gasteiger partial charge is 0.394 e. The average Bonchev–Trinajstić information content (AvgIpc) is 2.44. The fraction of sp³-hybridized carbons (Fsp3) is 0.333. The summed E-state index contributed by atoms with van der Waals surface area (Å²) in [6, 6.07) is 4.28. The molecule has 0 fully saturated rings. The van der Waals surface area contributed by atoms with Crippen LogP contribution in [0.5, 0.6) is 0 Å². The molecule has 2 aromatic rings. The van der Waals surface area contributed by atoms with Gasteiger partial charge in [-0.25, -0.2) is 9.97 Å². The van der Waals surface area contributed by atoms with Crippen LogP contribution in [-0.4, -0.2) is 32.6 Å². The molecule has 0 bridgehead atoms. The molecule has 1 atom stereocenters. The number of aliphatic hydroxyl groups is 1. The minimum absolute atomic E-state index is 0.0117. The topological polar surface area (TPSA) is 101 Å². The van der Waals surface area contributed by atoms with Crippen LogP contribution in [-0.2, 0) is 0 Å². The number of nitro benzene ring substituents is 1. The van der Waals surface area contributed by atoms with E-state index < -0.39 is 4.92 Å². The third-order valence-corrected chi connectivity index (χ3v) is 2.88. The Kier molecular flexibility index (Phi) is 3.86. The van der Waals surface area contributed by atoms with E-state index in [9.17, 15) is 15.2 Å². The predicted molar refractivity (Wildman–Crippen MR) is 71.0 cm³/mol. The lowest BCUT2D eigenvalue weighted by atomic mass is 10.2. The van der Waals surface area contributed by atoms with E-state index in [2.05, 4.69) is 15.3 Å². The highest BCUT2D eigenvalue weighted by molar-refractivity contribution is 5.90. The smallest absolute Gasteiger partial charge is 0.270 e. The number of non-ortho nitro benzene ring substituents is 1. The zero-order valence-corrected chi connectivity index (χ0v) is 10.4. The van der Waals surface area contributed by atoms with Gasteiger partial charge in [0.25, 0.3) is 5.69 Å². The first kappa shape index (κ1) is 13.2. The van der Waals surface area contributed by atoms with Crippen molar-refractivity contribution in [3.63, 3.8) is 0 Å². The third kappa shape index (κ3) is 2.76. The molecule has 1 unspecified atom stereocenters. The fourth-order valence-electron chi connectivity index (χ4n) is 1.74. The molecular weight excluding hydrogens is 248 g/mol. The van der Waals surface area contributed by atoms with Crippen LogP contribution in [0.15, 0.2) is 24.5 Å². The Labute approximate surface area is 109 Å². The van der Waals surface area contributed by atoms with E-state index in [1.165, 1.54) is 18.5 Å². The summed E-state index contributed by atoms with van der Waals surface area (Å²) in [5.41, 5.74) is 0.610. The van der Waals surface area contributed by atoms with Gasteiger partial charge in [0, 0.05) is 17.5 Å². The Balaban J connectivity index is 2.47. The molecule has 0 saturated heterocycles. The number of hydrogen-bond donors (Lipinski definition) is 2. The van der Waals surface area contributed by atoms with E-state index in [4.69, 9.17) is 0 Å². The highest BCUT2D eigenvalue weighted by atomic mass is 16.6. The highest BCUT2D eigenvalue weighted by Gasteiger charge is 2.12. The van der Waals surface area contributed by atoms with E-state index >= 15 is 0 Å². The van der Waals surface area contributed by atoms with Gasteiger partial charge < -0.3 is 10.4 Å². The summed E-state index contributed by atoms with van der Waals surface area (Å²) in [5, 5.41) is 23.6. The average molecular weight is 262 g/mol. The van der Waals surface area contributed by atoms with Crippen molar-refractivity contribution < 1.29 is 10.0 Å². The number of nitrogens with one attached hydrogen (secondary N) is 1. The summed E-state index contributed by atoms with van der Waals surface area (Å²) < 4.78 is 0. The van der Waals surface area contributed by atoms with Crippen LogP contribution in [0.1, 0.15) is 13.3 Å². The lowest BCUT2D eigenvalue weighted by Gasteiger charge is -2.15. The van der Waals surface area contributed by atoms with Crippen LogP contribution in [0.2, 0.25) is 0 Å². The number of aliphatic hydroxyl groups excluding tert-OH is 1. The summed E-state index contributed by atoms with van der Waals surface area (Å²) in [7, 11) is 0. The predicted octanol–water partition coefficient (Wildman–Crippen LogP) is 1.72. The lowest BCUT2D eigenvalue weighted by molar-refractivity contribution is -0.384. The van der Waals surface area contributed by atoms with Crippen LogP contribution in [0.25, 0.3) is 10.9 Å². The van der Waals surface area contributed by atoms with E-state index in [0.717, 1.165) is 6.42 Å². The number of aromatic nitrogens is 2. The fourth-order valence-corrected chi connectivity index (χ4v) is 1.74. The van der Waals surface area contributed by atoms with Gasteiger partial charge in [-0.05, 0) is 12.5 Å². The van der Waals surface area contributed by atoms with E-state index in [1.54, 1.807) is 6.07 Å². The van der Waals surface area contributed by atoms with Crippen LogP contribution < -0.4 is 5.32 Å². The minimum Gasteiger partial charge on any atom is -0.394 e. The standard InChI is InChI=1S/C12H14N4O3/c1-2-8(6-17)15-12-10-5-9(16(18)19)3-4-11(10)13-7-14-12/h3-5,7-8,17H,2,6H2,1H3,(H,13,14,15). The van der Waals surface area contributed by atoms with Crippen molar-refractivity contribution in [1.29, 1.82) is 0 Å². The molecule has 100 valence electrons. The number of nitrogens with zero attached hydrogens (tertiary/aromatic N) is 3. The Morgan fingerprint density at radius 3 is 2.89 bits per heavy atom. The molecule has 0 aliphatic rings. The first-order chi connectivity index (χ1) is 9.15. The maximum atomic E-state index is 10.8. The molecular formula is C12H14N4O3. The van der Waals surface area contributed by atoms with Gasteiger partial charge in [0.2, 0.25) is 0 Å². The quantitative estimate of drug-likeness (QED) is 0.628. The van der Waals surface area contributed by atoms with Gasteiger partial charge in [-0.2, -0.15) is 0 Å². The molecule has 1 heterocycles. The molecule has 1 aromatic heterocycles. The van der Waals surface area contributed by atoms with E-state index in [0.29, 0.717) is 16.7 Å². The molecule has 0 aliphatic carbocycles. The summed E-state index contributed by atoms with van der Waals surface area (Å²) in [4.78, 5) is 18.5. The van der Waals surface area contributed by atoms with Gasteiger partial charge in [-0.1, -0.05) is 6.92 Å². The number of anilines is 1. The number of hydrogen-bond acceptors (Lipinski definition) is 6. The minimum atomic E-state index is -0.459. The zero-order chi connectivity index (χ0) is 13.8. The molecule has 0 radical (unpaired) electrons. The number of rotatable bonds is 5. The van der Waals surface area contributed by atoms with Crippen molar-refractivity contribution >= 4 is 22.4 Å². The van der Waals surface area contributed by atoms with Gasteiger partial charge in [0.05, 0.1) is 23.1 Å². The van der Waals surface area contributed by atoms with Gasteiger partial charge in [0.1, 0.15) is 12.1 Å². The van der Waals surface area contributed by atoms with Crippen molar-refractivity contribution in [2.24, 2.45) is 0 Å². The summed E-state index contributed by atoms with van der Waals surface area (Å²) in [5.74, 6) is 0.495. The molecule has 0 spiro atoms. The summed E-state index contributed by atoms with van der Waals surface area (Å²) in [6.07, 6.45) is 2.11. The van der Waals surface area contributed by atoms with Crippen molar-refractivity contribution in [2.45, 2.75) is 19.4 Å². The van der Waals surface area contributed by atoms with E-state index in [1.807, 2.05) is 6.92 Å². The Bertz CT molecular complexity index is 599. The van der Waals surface area contributed by atoms with Gasteiger partial charge in [0.15, 0.2) is 0 Å². The number of nitro groups is 1. The third-order valence-electron chi connectivity index (χ3n) is 2.88. The first-order valence-electron chi connectivity index (χ1n) is 5.92. The van der Waals surface area contributed by atoms with Crippen LogP contribution in [0.4, 0.5) is 11.5 Å². The van der Waals surface area contributed by atoms with Crippen molar-refractivity contribution in [1.82, 2.24) is 9.97 Å². The van der Waals surface area contributed by atoms with Crippen molar-refractivity contribution in [3.8, 4) is 0 Å². The van der Waals surface area contributed by atoms with Crippen molar-refractivity contribution in [3.05, 3.63) is 34.6 Å². The maximum Gasteiger partial charge on any atom is 0.270 e. The van der Waals surface area contributed by atoms with Gasteiger partial charge in [-0.15, -0.1) is 0 Å². The molecule has 2 rings (SSSR count). The van der Waals surface area contributed by atoms with Crippen LogP contribution in [0.3, 0.4) is 0 Å². The lowest BCUT2D eigenvalue weighted by Crippen LogP contribution is -2.23. The Hall–Kier alpha value is -2.28. The number of benzene rings is 1. The van der Waals surface area contributed by atoms with Crippen molar-refractivity contribution in [2.75, 3.05) is 11.9 Å². The van der Waals surface area contributed by atoms with Gasteiger partial charge in [-0.3, -0.25) is 10.1 Å². The highest BCUT2D eigenvalue weighted by Crippen LogP contribution is 2.24. The summed E-state index contributed by atoms with van der Waals surface area (Å²) >= 11 is 0. The second kappa shape index (κ2) is 5.57. The van der Waals surface area contributed by atoms with Crippen LogP contribution in [0, 0.1) is 10.1 Å². The molecule has 7 heteroatoms. The first-order valence-corrected chi connectivity index (χ1v) is 5.92.